The number of methoxy groups -OCH3 is 1. The van der Waals surface area contributed by atoms with Crippen LogP contribution in [0.5, 0.6) is 0 Å². The molecule has 98 valence electrons. The van der Waals surface area contributed by atoms with Gasteiger partial charge in [0.15, 0.2) is 0 Å². The van der Waals surface area contributed by atoms with Crippen LogP contribution in [0, 0.1) is 0 Å². The van der Waals surface area contributed by atoms with Crippen molar-refractivity contribution in [3.05, 3.63) is 24.0 Å². The van der Waals surface area contributed by atoms with E-state index in [1.54, 1.807) is 25.4 Å². The SMILES string of the molecule is COC1CCN(C(=O)c2cc(N)ccn2)C(C)C1. The number of ether oxygens (including phenoxy) is 1. The van der Waals surface area contributed by atoms with E-state index in [1.807, 2.05) is 11.8 Å². The molecule has 0 radical (unpaired) electrons. The van der Waals surface area contributed by atoms with Crippen LogP contribution in [0.15, 0.2) is 18.3 Å². The summed E-state index contributed by atoms with van der Waals surface area (Å²) in [4.78, 5) is 18.3. The highest BCUT2D eigenvalue weighted by Gasteiger charge is 2.29. The fourth-order valence-electron chi connectivity index (χ4n) is 2.36. The third kappa shape index (κ3) is 2.61. The summed E-state index contributed by atoms with van der Waals surface area (Å²) in [5.74, 6) is -0.0515. The van der Waals surface area contributed by atoms with Crippen molar-refractivity contribution in [2.75, 3.05) is 19.4 Å². The smallest absolute Gasteiger partial charge is 0.272 e. The number of carbonyl (C=O) groups excluding carboxylic acids is 1. The minimum absolute atomic E-state index is 0.0515. The van der Waals surface area contributed by atoms with Gasteiger partial charge in [0.25, 0.3) is 5.91 Å². The minimum Gasteiger partial charge on any atom is -0.399 e. The van der Waals surface area contributed by atoms with Crippen molar-refractivity contribution in [1.29, 1.82) is 0 Å². The fraction of sp³-hybridized carbons (Fsp3) is 0.538. The fourth-order valence-corrected chi connectivity index (χ4v) is 2.36. The number of hydrogen-bond acceptors (Lipinski definition) is 4. The zero-order valence-corrected chi connectivity index (χ0v) is 10.8. The van der Waals surface area contributed by atoms with Crippen LogP contribution in [0.2, 0.25) is 0 Å². The van der Waals surface area contributed by atoms with Crippen LogP contribution in [0.4, 0.5) is 5.69 Å². The summed E-state index contributed by atoms with van der Waals surface area (Å²) >= 11 is 0. The van der Waals surface area contributed by atoms with Crippen LogP contribution in [-0.4, -0.2) is 41.6 Å². The molecule has 5 heteroatoms. The zero-order chi connectivity index (χ0) is 13.1. The molecule has 2 unspecified atom stereocenters. The number of aromatic nitrogens is 1. The van der Waals surface area contributed by atoms with Gasteiger partial charge >= 0.3 is 0 Å². The van der Waals surface area contributed by atoms with Crippen molar-refractivity contribution in [3.63, 3.8) is 0 Å². The molecule has 0 spiro atoms. The van der Waals surface area contributed by atoms with Crippen LogP contribution < -0.4 is 5.73 Å². The van der Waals surface area contributed by atoms with E-state index in [4.69, 9.17) is 10.5 Å². The van der Waals surface area contributed by atoms with E-state index in [0.29, 0.717) is 17.9 Å². The molecule has 2 rings (SSSR count). The molecule has 0 aliphatic carbocycles. The first-order chi connectivity index (χ1) is 8.61. The maximum Gasteiger partial charge on any atom is 0.272 e. The third-order valence-corrected chi connectivity index (χ3v) is 3.43. The van der Waals surface area contributed by atoms with E-state index in [-0.39, 0.29) is 18.1 Å². The molecule has 1 aromatic rings. The maximum atomic E-state index is 12.3. The van der Waals surface area contributed by atoms with Crippen molar-refractivity contribution >= 4 is 11.6 Å². The Bertz CT molecular complexity index is 436. The summed E-state index contributed by atoms with van der Waals surface area (Å²) in [7, 11) is 1.72. The lowest BCUT2D eigenvalue weighted by atomic mass is 10.00. The van der Waals surface area contributed by atoms with Gasteiger partial charge in [0.1, 0.15) is 5.69 Å². The molecule has 0 saturated carbocycles. The Morgan fingerprint density at radius 1 is 1.61 bits per heavy atom. The lowest BCUT2D eigenvalue weighted by molar-refractivity contribution is 0.0157. The van der Waals surface area contributed by atoms with Crippen LogP contribution >= 0.6 is 0 Å². The lowest BCUT2D eigenvalue weighted by Gasteiger charge is -2.36. The molecule has 0 aromatic carbocycles. The third-order valence-electron chi connectivity index (χ3n) is 3.43. The summed E-state index contributed by atoms with van der Waals surface area (Å²) in [5.41, 5.74) is 6.65. The molecule has 2 atom stereocenters. The van der Waals surface area contributed by atoms with Gasteiger partial charge in [-0.15, -0.1) is 0 Å². The van der Waals surface area contributed by atoms with Crippen LogP contribution in [0.3, 0.4) is 0 Å². The van der Waals surface area contributed by atoms with Crippen molar-refractivity contribution < 1.29 is 9.53 Å². The monoisotopic (exact) mass is 249 g/mol. The maximum absolute atomic E-state index is 12.3. The van der Waals surface area contributed by atoms with Gasteiger partial charge in [-0.1, -0.05) is 0 Å². The summed E-state index contributed by atoms with van der Waals surface area (Å²) in [6.45, 7) is 2.74. The van der Waals surface area contributed by atoms with Crippen molar-refractivity contribution in [3.8, 4) is 0 Å². The molecule has 1 fully saturated rings. The second kappa shape index (κ2) is 5.35. The second-order valence-electron chi connectivity index (χ2n) is 4.70. The predicted octanol–water partition coefficient (Wildman–Crippen LogP) is 1.30. The summed E-state index contributed by atoms with van der Waals surface area (Å²) < 4.78 is 5.34. The Labute approximate surface area is 107 Å². The van der Waals surface area contributed by atoms with Gasteiger partial charge in [-0.05, 0) is 31.9 Å². The molecule has 1 saturated heterocycles. The normalized spacial score (nSPS) is 24.0. The second-order valence-corrected chi connectivity index (χ2v) is 4.70. The highest BCUT2D eigenvalue weighted by atomic mass is 16.5. The minimum atomic E-state index is -0.0515. The number of likely N-dealkylation sites (tertiary alicyclic amines) is 1. The van der Waals surface area contributed by atoms with Gasteiger partial charge < -0.3 is 15.4 Å². The summed E-state index contributed by atoms with van der Waals surface area (Å²) in [6, 6.07) is 3.47. The number of carbonyl (C=O) groups is 1. The molecular weight excluding hydrogens is 230 g/mol. The van der Waals surface area contributed by atoms with Crippen LogP contribution in [-0.2, 0) is 4.74 Å². The first kappa shape index (κ1) is 12.8. The largest absolute Gasteiger partial charge is 0.399 e. The van der Waals surface area contributed by atoms with Gasteiger partial charge in [0, 0.05) is 31.6 Å². The number of pyridine rings is 1. The van der Waals surface area contributed by atoms with Gasteiger partial charge in [0.2, 0.25) is 0 Å². The molecule has 2 heterocycles. The van der Waals surface area contributed by atoms with Crippen LogP contribution in [0.25, 0.3) is 0 Å². The van der Waals surface area contributed by atoms with E-state index in [9.17, 15) is 4.79 Å². The lowest BCUT2D eigenvalue weighted by Crippen LogP contribution is -2.46. The molecule has 1 aliphatic rings. The predicted molar refractivity (Wildman–Crippen MR) is 69.2 cm³/mol. The number of anilines is 1. The Morgan fingerprint density at radius 2 is 2.39 bits per heavy atom. The van der Waals surface area contributed by atoms with Gasteiger partial charge in [0.05, 0.1) is 6.10 Å². The van der Waals surface area contributed by atoms with E-state index in [0.717, 1.165) is 12.8 Å². The molecule has 2 N–H and O–H groups in total. The van der Waals surface area contributed by atoms with Crippen LogP contribution in [0.1, 0.15) is 30.3 Å². The number of amides is 1. The molecule has 1 amide bonds. The standard InChI is InChI=1S/C13H19N3O2/c1-9-7-11(18-2)4-6-16(9)13(17)12-8-10(14)3-5-15-12/h3,5,8-9,11H,4,6-7H2,1-2H3,(H2,14,15). The quantitative estimate of drug-likeness (QED) is 0.858. The summed E-state index contributed by atoms with van der Waals surface area (Å²) in [5, 5.41) is 0. The first-order valence-electron chi connectivity index (χ1n) is 6.17. The van der Waals surface area contributed by atoms with Crippen molar-refractivity contribution in [2.24, 2.45) is 0 Å². The molecule has 0 bridgehead atoms. The molecular formula is C13H19N3O2. The highest BCUT2D eigenvalue weighted by molar-refractivity contribution is 5.93. The number of nitrogens with two attached hydrogens (primary N) is 1. The molecule has 18 heavy (non-hydrogen) atoms. The zero-order valence-electron chi connectivity index (χ0n) is 10.8. The van der Waals surface area contributed by atoms with Crippen molar-refractivity contribution in [1.82, 2.24) is 9.88 Å². The number of nitrogens with zero attached hydrogens (tertiary/aromatic N) is 2. The van der Waals surface area contributed by atoms with Gasteiger partial charge in [-0.2, -0.15) is 0 Å². The average molecular weight is 249 g/mol. The molecule has 1 aliphatic heterocycles. The van der Waals surface area contributed by atoms with E-state index >= 15 is 0 Å². The van der Waals surface area contributed by atoms with Gasteiger partial charge in [-0.3, -0.25) is 9.78 Å². The highest BCUT2D eigenvalue weighted by Crippen LogP contribution is 2.21. The Kier molecular flexibility index (Phi) is 3.81. The van der Waals surface area contributed by atoms with Gasteiger partial charge in [-0.25, -0.2) is 0 Å². The van der Waals surface area contributed by atoms with E-state index in [1.165, 1.54) is 0 Å². The van der Waals surface area contributed by atoms with Crippen molar-refractivity contribution in [2.45, 2.75) is 31.9 Å². The average Bonchev–Trinajstić information content (AvgIpc) is 2.37. The Morgan fingerprint density at radius 3 is 3.00 bits per heavy atom. The molecule has 1 aromatic heterocycles. The van der Waals surface area contributed by atoms with E-state index < -0.39 is 0 Å². The Hall–Kier alpha value is -1.62. The summed E-state index contributed by atoms with van der Waals surface area (Å²) in [6.07, 6.45) is 3.55. The Balaban J connectivity index is 2.10. The topological polar surface area (TPSA) is 68.5 Å². The molecule has 5 nitrogen and oxygen atoms in total. The van der Waals surface area contributed by atoms with E-state index in [2.05, 4.69) is 4.98 Å². The number of nitrogen functional groups attached to an aromatic ring is 1. The number of piperidine rings is 1. The number of rotatable bonds is 2. The first-order valence-corrected chi connectivity index (χ1v) is 6.17. The number of hydrogen-bond donors (Lipinski definition) is 1.